The quantitative estimate of drug-likeness (QED) is 0.722. The molecule has 0 spiro atoms. The Morgan fingerprint density at radius 2 is 1.81 bits per heavy atom. The third-order valence-corrected chi connectivity index (χ3v) is 5.23. The summed E-state index contributed by atoms with van der Waals surface area (Å²) in [6.07, 6.45) is 0.799. The van der Waals surface area contributed by atoms with Crippen molar-refractivity contribution in [3.05, 3.63) is 34.5 Å². The lowest BCUT2D eigenvalue weighted by atomic mass is 10.1. The summed E-state index contributed by atoms with van der Waals surface area (Å²) in [6.45, 7) is 2.40. The first-order valence-electron chi connectivity index (χ1n) is 8.51. The van der Waals surface area contributed by atoms with Gasteiger partial charge in [0.15, 0.2) is 11.5 Å². The molecule has 3 heterocycles. The van der Waals surface area contributed by atoms with Crippen LogP contribution in [-0.4, -0.2) is 38.1 Å². The van der Waals surface area contributed by atoms with Gasteiger partial charge in [0.1, 0.15) is 13.2 Å². The summed E-state index contributed by atoms with van der Waals surface area (Å²) in [6, 6.07) is 6.97. The van der Waals surface area contributed by atoms with Gasteiger partial charge in [0.05, 0.1) is 22.2 Å². The van der Waals surface area contributed by atoms with Gasteiger partial charge in [-0.3, -0.25) is 9.59 Å². The Morgan fingerprint density at radius 1 is 1.11 bits per heavy atom. The van der Waals surface area contributed by atoms with Crippen molar-refractivity contribution >= 4 is 46.9 Å². The molecule has 0 aliphatic carbocycles. The lowest BCUT2D eigenvalue weighted by Gasteiger charge is -2.22. The summed E-state index contributed by atoms with van der Waals surface area (Å²) in [7, 11) is 0. The Labute approximate surface area is 166 Å². The highest BCUT2D eigenvalue weighted by atomic mass is 35.5. The number of benzene rings is 1. The first-order valence-corrected chi connectivity index (χ1v) is 9.39. The molecule has 1 saturated heterocycles. The third kappa shape index (κ3) is 4.35. The molecular formula is C18H20ClN3O4S. The minimum atomic E-state index is -0.227. The Bertz CT molecular complexity index is 822. The Hall–Kier alpha value is -2.29. The number of anilines is 2. The Kier molecular flexibility index (Phi) is 6.20. The second kappa shape index (κ2) is 8.60. The van der Waals surface area contributed by atoms with Crippen LogP contribution in [0.2, 0.25) is 0 Å². The Morgan fingerprint density at radius 3 is 2.41 bits per heavy atom. The molecule has 4 rings (SSSR count). The summed E-state index contributed by atoms with van der Waals surface area (Å²) < 4.78 is 11.2. The highest BCUT2D eigenvalue weighted by Crippen LogP contribution is 2.39. The van der Waals surface area contributed by atoms with Gasteiger partial charge in [0, 0.05) is 18.7 Å². The molecule has 0 saturated carbocycles. The minimum Gasteiger partial charge on any atom is -0.486 e. The number of carbonyl (C=O) groups excluding carboxylic acids is 2. The molecule has 0 radical (unpaired) electrons. The number of nitrogens with one attached hydrogen (secondary N) is 3. The van der Waals surface area contributed by atoms with E-state index in [-0.39, 0.29) is 30.1 Å². The first-order chi connectivity index (χ1) is 12.7. The maximum Gasteiger partial charge on any atom is 0.265 e. The number of carbonyl (C=O) groups is 2. The summed E-state index contributed by atoms with van der Waals surface area (Å²) >= 11 is 1.36. The number of halogens is 1. The number of hydrogen-bond acceptors (Lipinski definition) is 6. The molecule has 144 valence electrons. The largest absolute Gasteiger partial charge is 0.486 e. The van der Waals surface area contributed by atoms with E-state index in [2.05, 4.69) is 16.0 Å². The van der Waals surface area contributed by atoms with Crippen molar-refractivity contribution in [3.63, 3.8) is 0 Å². The van der Waals surface area contributed by atoms with Gasteiger partial charge in [-0.25, -0.2) is 0 Å². The standard InChI is InChI=1S/C18H19N3O4S.ClH/c22-17(11-3-4-19-10-11)20-12-8-14-15(25-6-5-24-14)9-13(12)21-18(23)16-2-1-7-26-16;/h1-2,7-9,11,19H,3-6,10H2,(H,20,22)(H,21,23);1H. The smallest absolute Gasteiger partial charge is 0.265 e. The number of rotatable bonds is 4. The van der Waals surface area contributed by atoms with E-state index in [1.54, 1.807) is 18.2 Å². The molecule has 1 aromatic carbocycles. The fraction of sp³-hybridized carbons (Fsp3) is 0.333. The van der Waals surface area contributed by atoms with Crippen LogP contribution in [0, 0.1) is 5.92 Å². The van der Waals surface area contributed by atoms with Gasteiger partial charge in [-0.15, -0.1) is 23.7 Å². The molecule has 0 bridgehead atoms. The summed E-state index contributed by atoms with van der Waals surface area (Å²) in [4.78, 5) is 25.6. The third-order valence-electron chi connectivity index (χ3n) is 4.36. The van der Waals surface area contributed by atoms with Gasteiger partial charge >= 0.3 is 0 Å². The van der Waals surface area contributed by atoms with Crippen LogP contribution < -0.4 is 25.4 Å². The van der Waals surface area contributed by atoms with Gasteiger partial charge in [0.2, 0.25) is 5.91 Å². The molecule has 2 aliphatic heterocycles. The van der Waals surface area contributed by atoms with Crippen molar-refractivity contribution in [2.75, 3.05) is 36.9 Å². The van der Waals surface area contributed by atoms with Crippen LogP contribution in [0.3, 0.4) is 0 Å². The molecule has 27 heavy (non-hydrogen) atoms. The summed E-state index contributed by atoms with van der Waals surface area (Å²) in [5.74, 6) is 0.737. The molecule has 2 amide bonds. The minimum absolute atomic E-state index is 0. The van der Waals surface area contributed by atoms with Crippen molar-refractivity contribution < 1.29 is 19.1 Å². The maximum atomic E-state index is 12.5. The predicted molar refractivity (Wildman–Crippen MR) is 107 cm³/mol. The second-order valence-electron chi connectivity index (χ2n) is 6.15. The monoisotopic (exact) mass is 409 g/mol. The number of amides is 2. The molecular weight excluding hydrogens is 390 g/mol. The summed E-state index contributed by atoms with van der Waals surface area (Å²) in [5, 5.41) is 10.8. The highest BCUT2D eigenvalue weighted by Gasteiger charge is 2.25. The van der Waals surface area contributed by atoms with Crippen molar-refractivity contribution in [3.8, 4) is 11.5 Å². The average Bonchev–Trinajstić information content (AvgIpc) is 3.36. The van der Waals surface area contributed by atoms with Crippen molar-refractivity contribution in [1.29, 1.82) is 0 Å². The van der Waals surface area contributed by atoms with Crippen LogP contribution in [0.5, 0.6) is 11.5 Å². The highest BCUT2D eigenvalue weighted by molar-refractivity contribution is 7.12. The van der Waals surface area contributed by atoms with Crippen molar-refractivity contribution in [2.24, 2.45) is 5.92 Å². The Balaban J connectivity index is 0.00000210. The van der Waals surface area contributed by atoms with Gasteiger partial charge in [0.25, 0.3) is 5.91 Å². The molecule has 9 heteroatoms. The van der Waals surface area contributed by atoms with Crippen LogP contribution in [0.4, 0.5) is 11.4 Å². The van der Waals surface area contributed by atoms with E-state index in [0.717, 1.165) is 13.0 Å². The molecule has 1 aromatic heterocycles. The zero-order valence-corrected chi connectivity index (χ0v) is 16.1. The van der Waals surface area contributed by atoms with E-state index in [9.17, 15) is 9.59 Å². The predicted octanol–water partition coefficient (Wildman–Crippen LogP) is 2.74. The lowest BCUT2D eigenvalue weighted by molar-refractivity contribution is -0.119. The van der Waals surface area contributed by atoms with E-state index in [0.29, 0.717) is 47.5 Å². The van der Waals surface area contributed by atoms with E-state index >= 15 is 0 Å². The molecule has 1 fully saturated rings. The SMILES string of the molecule is Cl.O=C(Nc1cc2c(cc1NC(=O)C1CCNC1)OCCO2)c1cccs1. The topological polar surface area (TPSA) is 88.7 Å². The molecule has 2 aliphatic rings. The van der Waals surface area contributed by atoms with Crippen LogP contribution in [0.25, 0.3) is 0 Å². The van der Waals surface area contributed by atoms with E-state index in [1.165, 1.54) is 11.3 Å². The van der Waals surface area contributed by atoms with Gasteiger partial charge in [-0.1, -0.05) is 6.07 Å². The number of thiophene rings is 1. The molecule has 3 N–H and O–H groups in total. The normalized spacial score (nSPS) is 17.7. The van der Waals surface area contributed by atoms with Gasteiger partial charge in [-0.2, -0.15) is 0 Å². The van der Waals surface area contributed by atoms with E-state index < -0.39 is 0 Å². The van der Waals surface area contributed by atoms with Crippen LogP contribution in [-0.2, 0) is 4.79 Å². The van der Waals surface area contributed by atoms with E-state index in [1.807, 2.05) is 11.4 Å². The van der Waals surface area contributed by atoms with Crippen LogP contribution in [0.1, 0.15) is 16.1 Å². The van der Waals surface area contributed by atoms with Crippen molar-refractivity contribution in [1.82, 2.24) is 5.32 Å². The second-order valence-corrected chi connectivity index (χ2v) is 7.10. The van der Waals surface area contributed by atoms with E-state index in [4.69, 9.17) is 9.47 Å². The fourth-order valence-corrected chi connectivity index (χ4v) is 3.62. The molecule has 1 unspecified atom stereocenters. The zero-order valence-electron chi connectivity index (χ0n) is 14.4. The van der Waals surface area contributed by atoms with Crippen molar-refractivity contribution in [2.45, 2.75) is 6.42 Å². The molecule has 2 aromatic rings. The maximum absolute atomic E-state index is 12.5. The lowest BCUT2D eigenvalue weighted by Crippen LogP contribution is -2.26. The van der Waals surface area contributed by atoms with Gasteiger partial charge < -0.3 is 25.4 Å². The average molecular weight is 410 g/mol. The summed E-state index contributed by atoms with van der Waals surface area (Å²) in [5.41, 5.74) is 1.00. The number of ether oxygens (including phenoxy) is 2. The zero-order chi connectivity index (χ0) is 17.9. The first kappa shape index (κ1) is 19.5. The fourth-order valence-electron chi connectivity index (χ4n) is 3.00. The molecule has 7 nitrogen and oxygen atoms in total. The van der Waals surface area contributed by atoms with Gasteiger partial charge in [-0.05, 0) is 24.4 Å². The number of fused-ring (bicyclic) bond motifs is 1. The van der Waals surface area contributed by atoms with Crippen LogP contribution >= 0.6 is 23.7 Å². The van der Waals surface area contributed by atoms with Crippen LogP contribution in [0.15, 0.2) is 29.6 Å². The number of hydrogen-bond donors (Lipinski definition) is 3. The molecule has 1 atom stereocenters.